The number of benzene rings is 2. The molecule has 1 N–H and O–H groups in total. The maximum atomic E-state index is 10.9. The van der Waals surface area contributed by atoms with Crippen molar-refractivity contribution in [1.29, 1.82) is 0 Å². The zero-order chi connectivity index (χ0) is 17.9. The van der Waals surface area contributed by atoms with Crippen LogP contribution in [0, 0.1) is 0 Å². The number of thiophene rings is 1. The number of carboxylic acid groups (broad SMARTS) is 1. The number of fused-ring (bicyclic) bond motifs is 1. The summed E-state index contributed by atoms with van der Waals surface area (Å²) in [6, 6.07) is 14.5. The van der Waals surface area contributed by atoms with E-state index < -0.39 is 5.97 Å². The predicted molar refractivity (Wildman–Crippen MR) is 105 cm³/mol. The molecule has 2 aromatic carbocycles. The maximum absolute atomic E-state index is 10.9. The summed E-state index contributed by atoms with van der Waals surface area (Å²) in [5.41, 5.74) is 3.43. The van der Waals surface area contributed by atoms with Gasteiger partial charge in [0.05, 0.1) is 0 Å². The van der Waals surface area contributed by atoms with Gasteiger partial charge in [0.15, 0.2) is 6.61 Å². The fraction of sp³-hybridized carbons (Fsp3) is 0.286. The molecule has 4 nitrogen and oxygen atoms in total. The van der Waals surface area contributed by atoms with Crippen molar-refractivity contribution in [2.75, 3.05) is 19.7 Å². The van der Waals surface area contributed by atoms with Gasteiger partial charge in [0.2, 0.25) is 0 Å². The van der Waals surface area contributed by atoms with Crippen molar-refractivity contribution in [2.45, 2.75) is 19.4 Å². The van der Waals surface area contributed by atoms with Gasteiger partial charge in [-0.1, -0.05) is 24.3 Å². The van der Waals surface area contributed by atoms with E-state index in [1.54, 1.807) is 11.3 Å². The Bertz CT molecular complexity index is 928. The van der Waals surface area contributed by atoms with Gasteiger partial charge in [-0.05, 0) is 55.1 Å². The van der Waals surface area contributed by atoms with Crippen LogP contribution < -0.4 is 4.74 Å². The van der Waals surface area contributed by atoms with Crippen LogP contribution >= 0.6 is 11.3 Å². The number of ether oxygens (including phenoxy) is 1. The van der Waals surface area contributed by atoms with E-state index in [0.29, 0.717) is 5.75 Å². The van der Waals surface area contributed by atoms with Crippen molar-refractivity contribution in [3.8, 4) is 16.9 Å². The molecule has 0 amide bonds. The molecule has 0 spiro atoms. The summed E-state index contributed by atoms with van der Waals surface area (Å²) in [6.07, 6.45) is 2.44. The Kier molecular flexibility index (Phi) is 4.91. The van der Waals surface area contributed by atoms with Gasteiger partial charge in [0, 0.05) is 27.8 Å². The molecule has 0 radical (unpaired) electrons. The van der Waals surface area contributed by atoms with Crippen LogP contribution in [0.5, 0.6) is 5.75 Å². The van der Waals surface area contributed by atoms with E-state index in [4.69, 9.17) is 9.84 Å². The number of nitrogens with zero attached hydrogens (tertiary/aromatic N) is 1. The molecular formula is C21H21NO3S. The molecule has 0 atom stereocenters. The van der Waals surface area contributed by atoms with Crippen LogP contribution in [-0.2, 0) is 11.3 Å². The predicted octanol–water partition coefficient (Wildman–Crippen LogP) is 4.63. The molecule has 0 aliphatic carbocycles. The van der Waals surface area contributed by atoms with Crippen LogP contribution in [-0.4, -0.2) is 35.7 Å². The second kappa shape index (κ2) is 7.48. The Labute approximate surface area is 156 Å². The largest absolute Gasteiger partial charge is 0.482 e. The van der Waals surface area contributed by atoms with Crippen LogP contribution in [0.1, 0.15) is 18.4 Å². The topological polar surface area (TPSA) is 49.8 Å². The van der Waals surface area contributed by atoms with Crippen LogP contribution in [0.15, 0.2) is 47.8 Å². The lowest BCUT2D eigenvalue weighted by molar-refractivity contribution is -0.139. The van der Waals surface area contributed by atoms with Gasteiger partial charge in [0.1, 0.15) is 5.75 Å². The highest BCUT2D eigenvalue weighted by Crippen LogP contribution is 2.36. The average Bonchev–Trinajstić information content (AvgIpc) is 3.30. The summed E-state index contributed by atoms with van der Waals surface area (Å²) in [7, 11) is 0. The first-order valence-electron chi connectivity index (χ1n) is 8.87. The van der Waals surface area contributed by atoms with E-state index >= 15 is 0 Å². The van der Waals surface area contributed by atoms with E-state index in [9.17, 15) is 4.79 Å². The summed E-state index contributed by atoms with van der Waals surface area (Å²) >= 11 is 1.75. The summed E-state index contributed by atoms with van der Waals surface area (Å²) in [5.74, 6) is -0.285. The van der Waals surface area contributed by atoms with Gasteiger partial charge >= 0.3 is 5.97 Å². The quantitative estimate of drug-likeness (QED) is 0.690. The molecule has 0 bridgehead atoms. The van der Waals surface area contributed by atoms with E-state index in [2.05, 4.69) is 40.6 Å². The molecule has 134 valence electrons. The fourth-order valence-electron chi connectivity index (χ4n) is 3.53. The minimum Gasteiger partial charge on any atom is -0.482 e. The van der Waals surface area contributed by atoms with Gasteiger partial charge in [-0.2, -0.15) is 0 Å². The maximum Gasteiger partial charge on any atom is 0.341 e. The first kappa shape index (κ1) is 17.1. The Balaban J connectivity index is 1.70. The lowest BCUT2D eigenvalue weighted by Gasteiger charge is -2.18. The molecule has 4 rings (SSSR count). The van der Waals surface area contributed by atoms with Crippen molar-refractivity contribution in [3.63, 3.8) is 0 Å². The van der Waals surface area contributed by atoms with Crippen molar-refractivity contribution >= 4 is 27.4 Å². The highest BCUT2D eigenvalue weighted by Gasteiger charge is 2.16. The SMILES string of the molecule is O=C(O)COc1ccc(-c2csc3ccccc23)cc1CN1CCCC1. The smallest absolute Gasteiger partial charge is 0.341 e. The van der Waals surface area contributed by atoms with Gasteiger partial charge in [-0.15, -0.1) is 11.3 Å². The zero-order valence-electron chi connectivity index (χ0n) is 14.5. The third-order valence-corrected chi connectivity index (χ3v) is 5.76. The minimum absolute atomic E-state index is 0.312. The monoisotopic (exact) mass is 367 g/mol. The summed E-state index contributed by atoms with van der Waals surface area (Å²) < 4.78 is 6.82. The van der Waals surface area contributed by atoms with Crippen LogP contribution in [0.4, 0.5) is 0 Å². The van der Waals surface area contributed by atoms with Crippen molar-refractivity contribution < 1.29 is 14.6 Å². The average molecular weight is 367 g/mol. The van der Waals surface area contributed by atoms with E-state index in [1.807, 2.05) is 12.1 Å². The standard InChI is InChI=1S/C21H21NO3S/c23-21(24)13-25-19-8-7-15(11-16(19)12-22-9-3-4-10-22)18-14-26-20-6-2-1-5-17(18)20/h1-2,5-8,11,14H,3-4,9-10,12-13H2,(H,23,24). The second-order valence-electron chi connectivity index (χ2n) is 6.63. The first-order chi connectivity index (χ1) is 12.7. The number of hydrogen-bond donors (Lipinski definition) is 1. The summed E-state index contributed by atoms with van der Waals surface area (Å²) in [4.78, 5) is 13.3. The molecule has 1 aromatic heterocycles. The second-order valence-corrected chi connectivity index (χ2v) is 7.54. The molecule has 1 aliphatic heterocycles. The van der Waals surface area contributed by atoms with Gasteiger partial charge < -0.3 is 9.84 Å². The van der Waals surface area contributed by atoms with Gasteiger partial charge in [-0.3, -0.25) is 4.90 Å². The lowest BCUT2D eigenvalue weighted by atomic mass is 10.0. The van der Waals surface area contributed by atoms with E-state index in [-0.39, 0.29) is 6.61 Å². The number of carbonyl (C=O) groups is 1. The van der Waals surface area contributed by atoms with Gasteiger partial charge in [-0.25, -0.2) is 4.79 Å². The van der Waals surface area contributed by atoms with Crippen LogP contribution in [0.3, 0.4) is 0 Å². The molecule has 1 saturated heterocycles. The molecule has 1 aliphatic rings. The van der Waals surface area contributed by atoms with E-state index in [0.717, 1.165) is 30.8 Å². The summed E-state index contributed by atoms with van der Waals surface area (Å²) in [5, 5.41) is 12.4. The first-order valence-corrected chi connectivity index (χ1v) is 9.75. The third-order valence-electron chi connectivity index (χ3n) is 4.80. The number of rotatable bonds is 6. The number of hydrogen-bond acceptors (Lipinski definition) is 4. The van der Waals surface area contributed by atoms with Crippen molar-refractivity contribution in [2.24, 2.45) is 0 Å². The Morgan fingerprint density at radius 3 is 2.77 bits per heavy atom. The molecule has 0 saturated carbocycles. The number of likely N-dealkylation sites (tertiary alicyclic amines) is 1. The highest BCUT2D eigenvalue weighted by molar-refractivity contribution is 7.17. The van der Waals surface area contributed by atoms with Crippen molar-refractivity contribution in [1.82, 2.24) is 4.90 Å². The van der Waals surface area contributed by atoms with E-state index in [1.165, 1.54) is 28.5 Å². The third kappa shape index (κ3) is 3.59. The molecule has 2 heterocycles. The normalized spacial score (nSPS) is 14.8. The fourth-order valence-corrected chi connectivity index (χ4v) is 4.50. The Hall–Kier alpha value is -2.37. The highest BCUT2D eigenvalue weighted by atomic mass is 32.1. The molecule has 1 fully saturated rings. The molecule has 3 aromatic rings. The minimum atomic E-state index is -0.954. The molecule has 26 heavy (non-hydrogen) atoms. The van der Waals surface area contributed by atoms with Crippen LogP contribution in [0.2, 0.25) is 0 Å². The lowest BCUT2D eigenvalue weighted by Crippen LogP contribution is -2.19. The Morgan fingerprint density at radius 1 is 1.15 bits per heavy atom. The Morgan fingerprint density at radius 2 is 1.96 bits per heavy atom. The summed E-state index contributed by atoms with van der Waals surface area (Å²) in [6.45, 7) is 2.66. The number of carboxylic acids is 1. The van der Waals surface area contributed by atoms with Gasteiger partial charge in [0.25, 0.3) is 0 Å². The van der Waals surface area contributed by atoms with Crippen LogP contribution in [0.25, 0.3) is 21.2 Å². The molecule has 5 heteroatoms. The molecule has 0 unspecified atom stereocenters. The molecular weight excluding hydrogens is 346 g/mol. The number of aliphatic carboxylic acids is 1. The zero-order valence-corrected chi connectivity index (χ0v) is 15.3. The van der Waals surface area contributed by atoms with Crippen molar-refractivity contribution in [3.05, 3.63) is 53.4 Å².